The van der Waals surface area contributed by atoms with Crippen LogP contribution >= 0.6 is 12.4 Å². The van der Waals surface area contributed by atoms with E-state index >= 15 is 0 Å². The molecule has 0 aromatic heterocycles. The monoisotopic (exact) mass is 320 g/mol. The first-order chi connectivity index (χ1) is 9.45. The summed E-state index contributed by atoms with van der Waals surface area (Å²) in [4.78, 5) is 14.0. The Balaban J connectivity index is 0.00000161. The highest BCUT2D eigenvalue weighted by atomic mass is 35.5. The number of hydrogen-bond acceptors (Lipinski definition) is 2. The minimum absolute atomic E-state index is 0. The molecule has 0 radical (unpaired) electrons. The van der Waals surface area contributed by atoms with E-state index in [-0.39, 0.29) is 29.9 Å². The number of carbonyl (C=O) groups is 1. The number of carbonyl (C=O) groups excluding carboxylic acids is 1. The highest BCUT2D eigenvalue weighted by Gasteiger charge is 2.46. The Bertz CT molecular complexity index is 562. The topological polar surface area (TPSA) is 32.3 Å². The van der Waals surface area contributed by atoms with Crippen LogP contribution in [0.5, 0.6) is 0 Å². The third-order valence-corrected chi connectivity index (χ3v) is 4.20. The number of fused-ring (bicyclic) bond motifs is 3. The fourth-order valence-corrected chi connectivity index (χ4v) is 3.34. The van der Waals surface area contributed by atoms with Crippen molar-refractivity contribution >= 4 is 18.3 Å². The van der Waals surface area contributed by atoms with Crippen molar-refractivity contribution in [2.45, 2.75) is 25.1 Å². The van der Waals surface area contributed by atoms with E-state index in [4.69, 9.17) is 0 Å². The van der Waals surface area contributed by atoms with Crippen molar-refractivity contribution in [2.75, 3.05) is 19.6 Å². The van der Waals surface area contributed by atoms with Crippen LogP contribution in [-0.2, 0) is 6.18 Å². The van der Waals surface area contributed by atoms with Gasteiger partial charge in [-0.2, -0.15) is 13.2 Å². The number of benzene rings is 1. The summed E-state index contributed by atoms with van der Waals surface area (Å²) in [5.41, 5.74) is -0.444. The van der Waals surface area contributed by atoms with E-state index in [9.17, 15) is 18.0 Å². The van der Waals surface area contributed by atoms with Gasteiger partial charge in [0, 0.05) is 25.6 Å². The summed E-state index contributed by atoms with van der Waals surface area (Å²) in [6, 6.07) is 4.00. The molecule has 3 rings (SSSR count). The van der Waals surface area contributed by atoms with Crippen LogP contribution in [0, 0.1) is 0 Å². The minimum atomic E-state index is -4.50. The lowest BCUT2D eigenvalue weighted by Crippen LogP contribution is -2.48. The molecule has 1 aromatic rings. The van der Waals surface area contributed by atoms with Gasteiger partial charge in [-0.05, 0) is 18.6 Å². The highest BCUT2D eigenvalue weighted by molar-refractivity contribution is 5.99. The number of nitrogens with zero attached hydrogens (tertiary/aromatic N) is 1. The van der Waals surface area contributed by atoms with Gasteiger partial charge >= 0.3 is 6.18 Å². The maximum absolute atomic E-state index is 13.1. The molecule has 1 aromatic carbocycles. The van der Waals surface area contributed by atoms with Crippen molar-refractivity contribution in [3.8, 4) is 0 Å². The minimum Gasteiger partial charge on any atom is -0.334 e. The normalized spacial score (nSPS) is 24.4. The molecule has 2 atom stereocenters. The Kier molecular flexibility index (Phi) is 4.22. The Morgan fingerprint density at radius 3 is 2.67 bits per heavy atom. The van der Waals surface area contributed by atoms with Crippen molar-refractivity contribution in [2.24, 2.45) is 0 Å². The van der Waals surface area contributed by atoms with Crippen molar-refractivity contribution in [1.29, 1.82) is 0 Å². The molecule has 116 valence electrons. The molecule has 0 spiro atoms. The molecule has 1 saturated heterocycles. The molecular weight excluding hydrogens is 305 g/mol. The highest BCUT2D eigenvalue weighted by Crippen LogP contribution is 2.41. The maximum Gasteiger partial charge on any atom is 0.417 e. The number of halogens is 4. The molecule has 1 N–H and O–H groups in total. The second kappa shape index (κ2) is 5.50. The first kappa shape index (κ1) is 16.1. The number of nitrogens with one attached hydrogen (secondary N) is 1. The quantitative estimate of drug-likeness (QED) is 0.863. The largest absolute Gasteiger partial charge is 0.417 e. The summed E-state index contributed by atoms with van der Waals surface area (Å²) in [7, 11) is 0. The second-order valence-corrected chi connectivity index (χ2v) is 5.19. The lowest BCUT2D eigenvalue weighted by atomic mass is 9.82. The molecule has 21 heavy (non-hydrogen) atoms. The molecule has 2 aliphatic heterocycles. The molecule has 3 nitrogen and oxygen atoms in total. The van der Waals surface area contributed by atoms with Crippen LogP contribution in [0.1, 0.15) is 34.3 Å². The zero-order valence-corrected chi connectivity index (χ0v) is 12.2. The third kappa shape index (κ3) is 2.40. The third-order valence-electron chi connectivity index (χ3n) is 4.20. The zero-order valence-electron chi connectivity index (χ0n) is 11.4. The zero-order chi connectivity index (χ0) is 14.5. The summed E-state index contributed by atoms with van der Waals surface area (Å²) in [6.45, 7) is 3.48. The molecule has 1 amide bonds. The van der Waals surface area contributed by atoms with Gasteiger partial charge in [-0.15, -0.1) is 12.4 Å². The van der Waals surface area contributed by atoms with E-state index < -0.39 is 17.6 Å². The standard InChI is InChI=1S/C14H15F3N2O.ClH/c1-2-19-11-7-18-6-9(11)8-4-3-5-10(14(15,16)17)12(8)13(19)20;/h3-5,9,11,18H,2,6-7H2,1H3;1H. The van der Waals surface area contributed by atoms with E-state index in [0.717, 1.165) is 6.07 Å². The van der Waals surface area contributed by atoms with E-state index in [0.29, 0.717) is 25.2 Å². The first-order valence-corrected chi connectivity index (χ1v) is 6.67. The van der Waals surface area contributed by atoms with Crippen molar-refractivity contribution in [3.05, 3.63) is 34.9 Å². The van der Waals surface area contributed by atoms with Crippen LogP contribution in [0.4, 0.5) is 13.2 Å². The summed E-state index contributed by atoms with van der Waals surface area (Å²) >= 11 is 0. The van der Waals surface area contributed by atoms with E-state index in [1.807, 2.05) is 0 Å². The van der Waals surface area contributed by atoms with Gasteiger partial charge in [0.15, 0.2) is 0 Å². The van der Waals surface area contributed by atoms with Gasteiger partial charge in [-0.25, -0.2) is 0 Å². The van der Waals surface area contributed by atoms with Gasteiger partial charge in [0.1, 0.15) is 0 Å². The van der Waals surface area contributed by atoms with Crippen LogP contribution in [0.15, 0.2) is 18.2 Å². The van der Waals surface area contributed by atoms with Gasteiger partial charge < -0.3 is 10.2 Å². The smallest absolute Gasteiger partial charge is 0.334 e. The lowest BCUT2D eigenvalue weighted by Gasteiger charge is -2.38. The van der Waals surface area contributed by atoms with Crippen molar-refractivity contribution in [3.63, 3.8) is 0 Å². The number of rotatable bonds is 1. The summed E-state index contributed by atoms with van der Waals surface area (Å²) < 4.78 is 39.4. The average molecular weight is 321 g/mol. The molecule has 0 saturated carbocycles. The fourth-order valence-electron chi connectivity index (χ4n) is 3.34. The summed E-state index contributed by atoms with van der Waals surface area (Å²) in [5, 5.41) is 3.17. The van der Waals surface area contributed by atoms with E-state index in [2.05, 4.69) is 5.32 Å². The second-order valence-electron chi connectivity index (χ2n) is 5.19. The van der Waals surface area contributed by atoms with Crippen LogP contribution in [0.2, 0.25) is 0 Å². The van der Waals surface area contributed by atoms with Crippen molar-refractivity contribution < 1.29 is 18.0 Å². The first-order valence-electron chi connectivity index (χ1n) is 6.67. The van der Waals surface area contributed by atoms with Crippen molar-refractivity contribution in [1.82, 2.24) is 10.2 Å². The number of amides is 1. The molecule has 1 fully saturated rings. The van der Waals surface area contributed by atoms with Crippen LogP contribution in [-0.4, -0.2) is 36.5 Å². The summed E-state index contributed by atoms with van der Waals surface area (Å²) in [5.74, 6) is -0.551. The fraction of sp³-hybridized carbons (Fsp3) is 0.500. The molecule has 2 heterocycles. The number of alkyl halides is 3. The van der Waals surface area contributed by atoms with Crippen LogP contribution in [0.25, 0.3) is 0 Å². The Morgan fingerprint density at radius 1 is 1.33 bits per heavy atom. The van der Waals surface area contributed by atoms with Crippen LogP contribution < -0.4 is 5.32 Å². The van der Waals surface area contributed by atoms with Gasteiger partial charge in [0.2, 0.25) is 0 Å². The van der Waals surface area contributed by atoms with Gasteiger partial charge in [-0.3, -0.25) is 4.79 Å². The van der Waals surface area contributed by atoms with E-state index in [1.54, 1.807) is 17.9 Å². The number of likely N-dealkylation sites (N-methyl/N-ethyl adjacent to an activating group) is 1. The average Bonchev–Trinajstić information content (AvgIpc) is 2.87. The van der Waals surface area contributed by atoms with E-state index in [1.165, 1.54) is 6.07 Å². The predicted octanol–water partition coefficient (Wildman–Crippen LogP) is 2.66. The van der Waals surface area contributed by atoms with Gasteiger partial charge in [-0.1, -0.05) is 12.1 Å². The molecule has 7 heteroatoms. The Hall–Kier alpha value is -1.27. The van der Waals surface area contributed by atoms with Crippen LogP contribution in [0.3, 0.4) is 0 Å². The Labute approximate surface area is 126 Å². The molecule has 2 aliphatic rings. The molecule has 0 bridgehead atoms. The SMILES string of the molecule is CCN1C(=O)c2c(cccc2C(F)(F)F)C2CNCC21.Cl. The lowest BCUT2D eigenvalue weighted by molar-refractivity contribution is -0.138. The number of hydrogen-bond donors (Lipinski definition) is 1. The van der Waals surface area contributed by atoms with Gasteiger partial charge in [0.25, 0.3) is 5.91 Å². The Morgan fingerprint density at radius 2 is 2.05 bits per heavy atom. The summed E-state index contributed by atoms with van der Waals surface area (Å²) in [6.07, 6.45) is -4.50. The maximum atomic E-state index is 13.1. The molecule has 0 aliphatic carbocycles. The molecule has 2 unspecified atom stereocenters. The molecular formula is C14H16ClF3N2O. The van der Waals surface area contributed by atoms with Gasteiger partial charge in [0.05, 0.1) is 17.2 Å². The predicted molar refractivity (Wildman–Crippen MR) is 74.8 cm³/mol.